The Labute approximate surface area is 145 Å². The molecule has 0 aliphatic heterocycles. The molecule has 1 N–H and O–H groups in total. The highest BCUT2D eigenvalue weighted by atomic mass is 32.1. The highest BCUT2D eigenvalue weighted by molar-refractivity contribution is 7.09. The zero-order chi connectivity index (χ0) is 16.8. The van der Waals surface area contributed by atoms with Crippen LogP contribution in [-0.4, -0.2) is 17.6 Å². The van der Waals surface area contributed by atoms with Crippen molar-refractivity contribution >= 4 is 17.4 Å². The molecule has 0 saturated carbocycles. The van der Waals surface area contributed by atoms with Gasteiger partial charge in [-0.3, -0.25) is 0 Å². The first kappa shape index (κ1) is 16.2. The summed E-state index contributed by atoms with van der Waals surface area (Å²) in [4.78, 5) is 16.2. The maximum atomic E-state index is 11.7. The zero-order valence-corrected chi connectivity index (χ0v) is 14.2. The van der Waals surface area contributed by atoms with Crippen molar-refractivity contribution in [2.24, 2.45) is 0 Å². The SMILES string of the molecule is Cc1nc(-c2ccc(CCNC(=O)Oc3ccccc3)cc2)cs1. The number of thiazole rings is 1. The minimum atomic E-state index is -0.434. The number of ether oxygens (including phenoxy) is 1. The van der Waals surface area contributed by atoms with Crippen LogP contribution in [0.1, 0.15) is 10.6 Å². The van der Waals surface area contributed by atoms with E-state index in [0.717, 1.165) is 28.2 Å². The minimum Gasteiger partial charge on any atom is -0.410 e. The fourth-order valence-electron chi connectivity index (χ4n) is 2.28. The molecule has 3 rings (SSSR count). The number of carbonyl (C=O) groups is 1. The Morgan fingerprint density at radius 2 is 1.88 bits per heavy atom. The van der Waals surface area contributed by atoms with Gasteiger partial charge in [0.25, 0.3) is 0 Å². The van der Waals surface area contributed by atoms with Crippen LogP contribution in [0.25, 0.3) is 11.3 Å². The van der Waals surface area contributed by atoms with Gasteiger partial charge in [0.2, 0.25) is 0 Å². The van der Waals surface area contributed by atoms with Crippen LogP contribution in [0.4, 0.5) is 4.79 Å². The fourth-order valence-corrected chi connectivity index (χ4v) is 2.90. The van der Waals surface area contributed by atoms with Crippen molar-refractivity contribution in [2.75, 3.05) is 6.54 Å². The lowest BCUT2D eigenvalue weighted by atomic mass is 10.1. The van der Waals surface area contributed by atoms with E-state index in [1.165, 1.54) is 0 Å². The van der Waals surface area contributed by atoms with Gasteiger partial charge in [0.15, 0.2) is 0 Å². The highest BCUT2D eigenvalue weighted by Gasteiger charge is 2.04. The molecule has 122 valence electrons. The normalized spacial score (nSPS) is 10.4. The summed E-state index contributed by atoms with van der Waals surface area (Å²) in [7, 11) is 0. The number of hydrogen-bond acceptors (Lipinski definition) is 4. The molecule has 0 bridgehead atoms. The molecular formula is C19H18N2O2S. The van der Waals surface area contributed by atoms with Crippen molar-refractivity contribution in [1.82, 2.24) is 10.3 Å². The van der Waals surface area contributed by atoms with E-state index in [1.807, 2.05) is 25.1 Å². The van der Waals surface area contributed by atoms with Crippen LogP contribution in [-0.2, 0) is 6.42 Å². The average molecular weight is 338 g/mol. The molecule has 0 unspecified atom stereocenters. The number of amides is 1. The minimum absolute atomic E-state index is 0.434. The number of rotatable bonds is 5. The molecule has 0 saturated heterocycles. The third-order valence-electron chi connectivity index (χ3n) is 3.51. The fraction of sp³-hybridized carbons (Fsp3) is 0.158. The van der Waals surface area contributed by atoms with Gasteiger partial charge >= 0.3 is 6.09 Å². The molecule has 0 atom stereocenters. The van der Waals surface area contributed by atoms with E-state index in [-0.39, 0.29) is 0 Å². The van der Waals surface area contributed by atoms with Gasteiger partial charge in [0.05, 0.1) is 10.7 Å². The maximum Gasteiger partial charge on any atom is 0.412 e. The van der Waals surface area contributed by atoms with Gasteiger partial charge in [-0.15, -0.1) is 11.3 Å². The summed E-state index contributed by atoms with van der Waals surface area (Å²) in [6.07, 6.45) is 0.316. The second-order valence-corrected chi connectivity index (χ2v) is 6.39. The van der Waals surface area contributed by atoms with E-state index in [4.69, 9.17) is 4.74 Å². The Bertz CT molecular complexity index is 798. The van der Waals surface area contributed by atoms with Gasteiger partial charge in [-0.25, -0.2) is 9.78 Å². The Hall–Kier alpha value is -2.66. The predicted octanol–water partition coefficient (Wildman–Crippen LogP) is 4.45. The number of para-hydroxylation sites is 1. The van der Waals surface area contributed by atoms with Gasteiger partial charge in [-0.05, 0) is 31.0 Å². The first-order chi connectivity index (χ1) is 11.7. The maximum absolute atomic E-state index is 11.7. The highest BCUT2D eigenvalue weighted by Crippen LogP contribution is 2.21. The van der Waals surface area contributed by atoms with Crippen LogP contribution < -0.4 is 10.1 Å². The quantitative estimate of drug-likeness (QED) is 0.748. The summed E-state index contributed by atoms with van der Waals surface area (Å²) in [5, 5.41) is 5.88. The van der Waals surface area contributed by atoms with Crippen molar-refractivity contribution in [3.05, 3.63) is 70.5 Å². The van der Waals surface area contributed by atoms with Gasteiger partial charge in [-0.1, -0.05) is 42.5 Å². The first-order valence-electron chi connectivity index (χ1n) is 7.73. The van der Waals surface area contributed by atoms with Crippen LogP contribution in [0.3, 0.4) is 0 Å². The number of aryl methyl sites for hydroxylation is 1. The molecule has 1 amide bonds. The number of nitrogens with one attached hydrogen (secondary N) is 1. The number of nitrogens with zero attached hydrogens (tertiary/aromatic N) is 1. The average Bonchev–Trinajstić information content (AvgIpc) is 3.03. The van der Waals surface area contributed by atoms with Gasteiger partial charge in [0.1, 0.15) is 5.75 Å². The van der Waals surface area contributed by atoms with Crippen LogP contribution in [0.5, 0.6) is 5.75 Å². The molecule has 2 aromatic carbocycles. The Morgan fingerprint density at radius 3 is 2.54 bits per heavy atom. The lowest BCUT2D eigenvalue weighted by molar-refractivity contribution is 0.200. The lowest BCUT2D eigenvalue weighted by Gasteiger charge is -2.07. The Morgan fingerprint density at radius 1 is 1.12 bits per heavy atom. The summed E-state index contributed by atoms with van der Waals surface area (Å²) < 4.78 is 5.17. The van der Waals surface area contributed by atoms with Crippen LogP contribution in [0.15, 0.2) is 60.0 Å². The zero-order valence-electron chi connectivity index (χ0n) is 13.4. The summed E-state index contributed by atoms with van der Waals surface area (Å²) in [5.41, 5.74) is 3.28. The Balaban J connectivity index is 1.47. The van der Waals surface area contributed by atoms with E-state index < -0.39 is 6.09 Å². The van der Waals surface area contributed by atoms with E-state index in [2.05, 4.69) is 39.9 Å². The van der Waals surface area contributed by atoms with E-state index in [9.17, 15) is 4.79 Å². The first-order valence-corrected chi connectivity index (χ1v) is 8.61. The molecule has 0 aliphatic carbocycles. The monoisotopic (exact) mass is 338 g/mol. The summed E-state index contributed by atoms with van der Waals surface area (Å²) in [6.45, 7) is 2.53. The van der Waals surface area contributed by atoms with Gasteiger partial charge < -0.3 is 10.1 Å². The standard InChI is InChI=1S/C19H18N2O2S/c1-14-21-18(13-24-14)16-9-7-15(8-10-16)11-12-20-19(22)23-17-5-3-2-4-6-17/h2-10,13H,11-12H2,1H3,(H,20,22). The largest absolute Gasteiger partial charge is 0.412 e. The molecule has 1 heterocycles. The number of benzene rings is 2. The Kier molecular flexibility index (Phi) is 5.23. The topological polar surface area (TPSA) is 51.2 Å². The number of aromatic nitrogens is 1. The molecule has 0 aliphatic rings. The van der Waals surface area contributed by atoms with E-state index >= 15 is 0 Å². The molecule has 3 aromatic rings. The molecule has 4 nitrogen and oxygen atoms in total. The lowest BCUT2D eigenvalue weighted by Crippen LogP contribution is -2.28. The predicted molar refractivity (Wildman–Crippen MR) is 96.5 cm³/mol. The van der Waals surface area contributed by atoms with Crippen molar-refractivity contribution in [1.29, 1.82) is 0 Å². The van der Waals surface area contributed by atoms with Crippen molar-refractivity contribution in [2.45, 2.75) is 13.3 Å². The van der Waals surface area contributed by atoms with Gasteiger partial charge in [0, 0.05) is 17.5 Å². The van der Waals surface area contributed by atoms with Crippen LogP contribution in [0.2, 0.25) is 0 Å². The smallest absolute Gasteiger partial charge is 0.410 e. The molecule has 0 spiro atoms. The number of carbonyl (C=O) groups excluding carboxylic acids is 1. The molecule has 1 aromatic heterocycles. The summed E-state index contributed by atoms with van der Waals surface area (Å²) >= 11 is 1.65. The molecule has 0 fully saturated rings. The third kappa shape index (κ3) is 4.43. The molecule has 0 radical (unpaired) electrons. The van der Waals surface area contributed by atoms with E-state index in [1.54, 1.807) is 23.5 Å². The van der Waals surface area contributed by atoms with Crippen LogP contribution in [0, 0.1) is 6.92 Å². The molecular weight excluding hydrogens is 320 g/mol. The second-order valence-electron chi connectivity index (χ2n) is 5.33. The van der Waals surface area contributed by atoms with Crippen LogP contribution >= 0.6 is 11.3 Å². The van der Waals surface area contributed by atoms with Crippen molar-refractivity contribution in [3.8, 4) is 17.0 Å². The van der Waals surface area contributed by atoms with Crippen molar-refractivity contribution < 1.29 is 9.53 Å². The third-order valence-corrected chi connectivity index (χ3v) is 4.28. The second kappa shape index (κ2) is 7.75. The van der Waals surface area contributed by atoms with Crippen molar-refractivity contribution in [3.63, 3.8) is 0 Å². The summed E-state index contributed by atoms with van der Waals surface area (Å²) in [6, 6.07) is 17.3. The number of hydrogen-bond donors (Lipinski definition) is 1. The molecule has 5 heteroatoms. The van der Waals surface area contributed by atoms with Gasteiger partial charge in [-0.2, -0.15) is 0 Å². The van der Waals surface area contributed by atoms with E-state index in [0.29, 0.717) is 12.3 Å². The summed E-state index contributed by atoms with van der Waals surface area (Å²) in [5.74, 6) is 0.540. The molecule has 24 heavy (non-hydrogen) atoms.